The van der Waals surface area contributed by atoms with Gasteiger partial charge in [0, 0.05) is 18.7 Å². The van der Waals surface area contributed by atoms with Crippen molar-refractivity contribution >= 4 is 33.3 Å². The van der Waals surface area contributed by atoms with E-state index in [9.17, 15) is 22.8 Å². The van der Waals surface area contributed by atoms with E-state index < -0.39 is 28.5 Å². The molecule has 0 aliphatic heterocycles. The number of sulfonamides is 1. The molecular formula is C26H35N3O5S. The highest BCUT2D eigenvalue weighted by atomic mass is 32.2. The molecule has 0 radical (unpaired) electrons. The molecule has 0 bridgehead atoms. The van der Waals surface area contributed by atoms with E-state index in [4.69, 9.17) is 0 Å². The molecule has 2 aromatic rings. The summed E-state index contributed by atoms with van der Waals surface area (Å²) in [5.74, 6) is -0.775. The maximum atomic E-state index is 13.6. The first-order chi connectivity index (χ1) is 16.4. The average molecular weight is 502 g/mol. The van der Waals surface area contributed by atoms with Gasteiger partial charge in [0.2, 0.25) is 21.8 Å². The summed E-state index contributed by atoms with van der Waals surface area (Å²) in [4.78, 5) is 39.9. The predicted octanol–water partition coefficient (Wildman–Crippen LogP) is 3.23. The molecule has 1 N–H and O–H groups in total. The molecule has 1 unspecified atom stereocenters. The van der Waals surface area contributed by atoms with Crippen LogP contribution in [0.1, 0.15) is 50.0 Å². The highest BCUT2D eigenvalue weighted by molar-refractivity contribution is 7.92. The molecule has 1 atom stereocenters. The number of carbonyl (C=O) groups is 3. The van der Waals surface area contributed by atoms with Crippen molar-refractivity contribution in [3.05, 3.63) is 65.7 Å². The fourth-order valence-corrected chi connectivity index (χ4v) is 4.46. The Balaban J connectivity index is 2.43. The van der Waals surface area contributed by atoms with Crippen LogP contribution in [0.4, 0.5) is 5.69 Å². The van der Waals surface area contributed by atoms with Gasteiger partial charge < -0.3 is 10.2 Å². The van der Waals surface area contributed by atoms with Crippen LogP contribution < -0.4 is 9.62 Å². The molecule has 0 fully saturated rings. The number of carbonyl (C=O) groups excluding carboxylic acids is 3. The number of nitrogens with one attached hydrogen (secondary N) is 1. The number of anilines is 1. The van der Waals surface area contributed by atoms with Crippen LogP contribution in [0.3, 0.4) is 0 Å². The van der Waals surface area contributed by atoms with Gasteiger partial charge in [0.1, 0.15) is 12.6 Å². The van der Waals surface area contributed by atoms with Gasteiger partial charge in [-0.25, -0.2) is 8.42 Å². The molecule has 0 saturated heterocycles. The smallest absolute Gasteiger partial charge is 0.244 e. The first kappa shape index (κ1) is 28.0. The van der Waals surface area contributed by atoms with E-state index in [1.54, 1.807) is 12.1 Å². The summed E-state index contributed by atoms with van der Waals surface area (Å²) in [6, 6.07) is 14.6. The monoisotopic (exact) mass is 501 g/mol. The summed E-state index contributed by atoms with van der Waals surface area (Å²) < 4.78 is 26.3. The zero-order chi connectivity index (χ0) is 26.2. The van der Waals surface area contributed by atoms with E-state index in [1.807, 2.05) is 51.1 Å². The standard InChI is InChI=1S/C26H35N3O5S/c1-6-24(26(32)27-16-19(2)3)28(17-21-11-8-7-9-12-21)25(31)18-29(35(5,33)34)23-14-10-13-22(15-23)20(4)30/h7-15,19,24H,6,16-18H2,1-5H3,(H,27,32). The highest BCUT2D eigenvalue weighted by Gasteiger charge is 2.31. The van der Waals surface area contributed by atoms with Crippen LogP contribution in [-0.2, 0) is 26.2 Å². The Morgan fingerprint density at radius 1 is 1.00 bits per heavy atom. The first-order valence-corrected chi connectivity index (χ1v) is 13.5. The van der Waals surface area contributed by atoms with Crippen LogP contribution in [0.5, 0.6) is 0 Å². The van der Waals surface area contributed by atoms with E-state index in [2.05, 4.69) is 5.32 Å². The van der Waals surface area contributed by atoms with Crippen molar-refractivity contribution in [3.63, 3.8) is 0 Å². The van der Waals surface area contributed by atoms with Gasteiger partial charge in [-0.05, 0) is 37.0 Å². The van der Waals surface area contributed by atoms with E-state index in [0.29, 0.717) is 18.5 Å². The fraction of sp³-hybridized carbons (Fsp3) is 0.423. The Morgan fingerprint density at radius 2 is 1.66 bits per heavy atom. The zero-order valence-corrected chi connectivity index (χ0v) is 21.8. The number of benzene rings is 2. The summed E-state index contributed by atoms with van der Waals surface area (Å²) in [6.45, 7) is 7.28. The number of Topliss-reactive ketones (excluding diaryl/α,β-unsaturated/α-hetero) is 1. The maximum Gasteiger partial charge on any atom is 0.244 e. The number of hydrogen-bond donors (Lipinski definition) is 1. The van der Waals surface area contributed by atoms with Gasteiger partial charge in [0.05, 0.1) is 11.9 Å². The SMILES string of the molecule is CCC(C(=O)NCC(C)C)N(Cc1ccccc1)C(=O)CN(c1cccc(C(C)=O)c1)S(C)(=O)=O. The summed E-state index contributed by atoms with van der Waals surface area (Å²) in [5, 5.41) is 2.89. The van der Waals surface area contributed by atoms with E-state index in [0.717, 1.165) is 16.1 Å². The van der Waals surface area contributed by atoms with Gasteiger partial charge >= 0.3 is 0 Å². The van der Waals surface area contributed by atoms with Crippen LogP contribution >= 0.6 is 0 Å². The average Bonchev–Trinajstić information content (AvgIpc) is 2.80. The molecule has 0 heterocycles. The Labute approximate surface area is 208 Å². The van der Waals surface area contributed by atoms with Gasteiger partial charge in [-0.15, -0.1) is 0 Å². The van der Waals surface area contributed by atoms with Gasteiger partial charge in [0.15, 0.2) is 5.78 Å². The van der Waals surface area contributed by atoms with Crippen molar-refractivity contribution in [2.75, 3.05) is 23.7 Å². The van der Waals surface area contributed by atoms with Crippen LogP contribution in [0.25, 0.3) is 0 Å². The quantitative estimate of drug-likeness (QED) is 0.450. The Morgan fingerprint density at radius 3 is 2.20 bits per heavy atom. The van der Waals surface area contributed by atoms with Crippen LogP contribution in [0, 0.1) is 5.92 Å². The normalized spacial score (nSPS) is 12.2. The highest BCUT2D eigenvalue weighted by Crippen LogP contribution is 2.21. The predicted molar refractivity (Wildman–Crippen MR) is 138 cm³/mol. The number of nitrogens with zero attached hydrogens (tertiary/aromatic N) is 2. The summed E-state index contributed by atoms with van der Waals surface area (Å²) in [7, 11) is -3.86. The number of hydrogen-bond acceptors (Lipinski definition) is 5. The molecule has 2 aromatic carbocycles. The molecule has 8 nitrogen and oxygen atoms in total. The largest absolute Gasteiger partial charge is 0.354 e. The van der Waals surface area contributed by atoms with Crippen molar-refractivity contribution in [2.45, 2.75) is 46.7 Å². The first-order valence-electron chi connectivity index (χ1n) is 11.6. The number of amides is 2. The van der Waals surface area contributed by atoms with Crippen molar-refractivity contribution in [1.82, 2.24) is 10.2 Å². The molecule has 0 aliphatic carbocycles. The number of ketones is 1. The lowest BCUT2D eigenvalue weighted by Crippen LogP contribution is -2.52. The molecule has 0 saturated carbocycles. The molecular weight excluding hydrogens is 466 g/mol. The minimum atomic E-state index is -3.86. The van der Waals surface area contributed by atoms with Crippen LogP contribution in [-0.4, -0.2) is 56.3 Å². The third kappa shape index (κ3) is 8.20. The molecule has 0 aromatic heterocycles. The summed E-state index contributed by atoms with van der Waals surface area (Å²) >= 11 is 0. The van der Waals surface area contributed by atoms with E-state index in [-0.39, 0.29) is 29.8 Å². The lowest BCUT2D eigenvalue weighted by Gasteiger charge is -2.33. The third-order valence-electron chi connectivity index (χ3n) is 5.49. The molecule has 9 heteroatoms. The second-order valence-electron chi connectivity index (χ2n) is 8.95. The molecule has 2 rings (SSSR count). The second kappa shape index (κ2) is 12.5. The second-order valence-corrected chi connectivity index (χ2v) is 10.9. The molecule has 35 heavy (non-hydrogen) atoms. The Hall–Kier alpha value is -3.20. The van der Waals surface area contributed by atoms with Crippen LogP contribution in [0.2, 0.25) is 0 Å². The summed E-state index contributed by atoms with van der Waals surface area (Å²) in [5.41, 5.74) is 1.37. The minimum absolute atomic E-state index is 0.151. The lowest BCUT2D eigenvalue weighted by molar-refractivity contribution is -0.140. The van der Waals surface area contributed by atoms with Crippen molar-refractivity contribution < 1.29 is 22.8 Å². The van der Waals surface area contributed by atoms with Gasteiger partial charge in [-0.3, -0.25) is 18.7 Å². The third-order valence-corrected chi connectivity index (χ3v) is 6.63. The molecule has 2 amide bonds. The summed E-state index contributed by atoms with van der Waals surface area (Å²) in [6.07, 6.45) is 1.37. The Bertz CT molecular complexity index is 1130. The van der Waals surface area contributed by atoms with Crippen molar-refractivity contribution in [1.29, 1.82) is 0 Å². The van der Waals surface area contributed by atoms with Gasteiger partial charge in [0.25, 0.3) is 0 Å². The van der Waals surface area contributed by atoms with E-state index in [1.165, 1.54) is 24.0 Å². The van der Waals surface area contributed by atoms with Gasteiger partial charge in [-0.1, -0.05) is 63.2 Å². The zero-order valence-electron chi connectivity index (χ0n) is 21.0. The van der Waals surface area contributed by atoms with E-state index >= 15 is 0 Å². The lowest BCUT2D eigenvalue weighted by atomic mass is 10.1. The maximum absolute atomic E-state index is 13.6. The van der Waals surface area contributed by atoms with Crippen molar-refractivity contribution in [2.24, 2.45) is 5.92 Å². The molecule has 190 valence electrons. The van der Waals surface area contributed by atoms with Crippen LogP contribution in [0.15, 0.2) is 54.6 Å². The minimum Gasteiger partial charge on any atom is -0.354 e. The molecule has 0 spiro atoms. The topological polar surface area (TPSA) is 104 Å². The Kier molecular flexibility index (Phi) is 10.0. The van der Waals surface area contributed by atoms with Gasteiger partial charge in [-0.2, -0.15) is 0 Å². The molecule has 0 aliphatic rings. The fourth-order valence-electron chi connectivity index (χ4n) is 3.62. The number of rotatable bonds is 12. The van der Waals surface area contributed by atoms with Crippen molar-refractivity contribution in [3.8, 4) is 0 Å².